The van der Waals surface area contributed by atoms with Crippen LogP contribution in [0.4, 0.5) is 0 Å². The highest BCUT2D eigenvalue weighted by molar-refractivity contribution is 5.87. The molecular formula is C8H16N2O. The zero-order chi connectivity index (χ0) is 8.65. The molecule has 1 aliphatic rings. The van der Waals surface area contributed by atoms with Crippen LogP contribution < -0.4 is 0 Å². The molecule has 0 radical (unpaired) electrons. The van der Waals surface area contributed by atoms with Crippen LogP contribution in [0.2, 0.25) is 0 Å². The van der Waals surface area contributed by atoms with Crippen molar-refractivity contribution in [3.63, 3.8) is 0 Å². The van der Waals surface area contributed by atoms with Crippen molar-refractivity contribution in [3.05, 3.63) is 0 Å². The smallest absolute Gasteiger partial charge is 0.243 e. The van der Waals surface area contributed by atoms with Crippen molar-refractivity contribution in [2.24, 2.45) is 0 Å². The second-order valence-corrected chi connectivity index (χ2v) is 3.56. The van der Waals surface area contributed by atoms with Gasteiger partial charge in [0.25, 0.3) is 0 Å². The molecule has 0 spiro atoms. The van der Waals surface area contributed by atoms with Gasteiger partial charge in [-0.2, -0.15) is 0 Å². The number of amides is 1. The number of likely N-dealkylation sites (N-methyl/N-ethyl adjacent to an activating group) is 2. The summed E-state index contributed by atoms with van der Waals surface area (Å²) in [6, 6.07) is 0. The summed E-state index contributed by atoms with van der Waals surface area (Å²) in [6.45, 7) is 7.51. The van der Waals surface area contributed by atoms with Gasteiger partial charge >= 0.3 is 0 Å². The molecule has 0 bridgehead atoms. The molecule has 0 aromatic carbocycles. The first-order valence-corrected chi connectivity index (χ1v) is 4.00. The van der Waals surface area contributed by atoms with Gasteiger partial charge in [-0.25, -0.2) is 0 Å². The Kier molecular flexibility index (Phi) is 1.92. The molecule has 0 saturated carbocycles. The van der Waals surface area contributed by atoms with Gasteiger partial charge in [0.15, 0.2) is 0 Å². The third-order valence-corrected chi connectivity index (χ3v) is 2.53. The summed E-state index contributed by atoms with van der Waals surface area (Å²) >= 11 is 0. The maximum Gasteiger partial charge on any atom is 0.243 e. The lowest BCUT2D eigenvalue weighted by molar-refractivity contribution is -0.132. The lowest BCUT2D eigenvalue weighted by Gasteiger charge is -2.22. The van der Waals surface area contributed by atoms with E-state index in [1.807, 2.05) is 32.7 Å². The highest BCUT2D eigenvalue weighted by atomic mass is 16.2. The topological polar surface area (TPSA) is 23.6 Å². The molecule has 3 heteroatoms. The summed E-state index contributed by atoms with van der Waals surface area (Å²) in [4.78, 5) is 15.5. The number of rotatable bonds is 1. The zero-order valence-electron chi connectivity index (χ0n) is 7.72. The summed E-state index contributed by atoms with van der Waals surface area (Å²) in [5.74, 6) is 0.238. The summed E-state index contributed by atoms with van der Waals surface area (Å²) in [7, 11) is 1.98. The van der Waals surface area contributed by atoms with Gasteiger partial charge in [0.1, 0.15) is 0 Å². The average molecular weight is 156 g/mol. The second kappa shape index (κ2) is 2.48. The predicted octanol–water partition coefficient (Wildman–Crippen LogP) is 0.516. The fraction of sp³-hybridized carbons (Fsp3) is 0.875. The van der Waals surface area contributed by atoms with E-state index < -0.39 is 0 Å². The van der Waals surface area contributed by atoms with E-state index in [4.69, 9.17) is 0 Å². The van der Waals surface area contributed by atoms with Crippen molar-refractivity contribution < 1.29 is 4.79 Å². The number of hydrogen-bond donors (Lipinski definition) is 0. The second-order valence-electron chi connectivity index (χ2n) is 3.56. The predicted molar refractivity (Wildman–Crippen MR) is 44.1 cm³/mol. The van der Waals surface area contributed by atoms with Crippen molar-refractivity contribution >= 4 is 5.91 Å². The monoisotopic (exact) mass is 156 g/mol. The number of carbonyl (C=O) groups excluding carboxylic acids is 1. The van der Waals surface area contributed by atoms with Gasteiger partial charge < -0.3 is 4.90 Å². The van der Waals surface area contributed by atoms with Crippen LogP contribution in [0.5, 0.6) is 0 Å². The van der Waals surface area contributed by atoms with Gasteiger partial charge in [-0.1, -0.05) is 0 Å². The Morgan fingerprint density at radius 1 is 1.55 bits per heavy atom. The Hall–Kier alpha value is -0.570. The van der Waals surface area contributed by atoms with Crippen LogP contribution in [0.3, 0.4) is 0 Å². The van der Waals surface area contributed by atoms with Crippen LogP contribution in [-0.4, -0.2) is 41.5 Å². The minimum absolute atomic E-state index is 0.238. The molecule has 1 fully saturated rings. The quantitative estimate of drug-likeness (QED) is 0.552. The molecule has 1 saturated heterocycles. The highest BCUT2D eigenvalue weighted by Gasteiger charge is 2.42. The fourth-order valence-corrected chi connectivity index (χ4v) is 1.29. The Balaban J connectivity index is 2.80. The van der Waals surface area contributed by atoms with E-state index in [0.717, 1.165) is 13.2 Å². The first-order chi connectivity index (χ1) is 5.00. The molecule has 0 atom stereocenters. The highest BCUT2D eigenvalue weighted by Crippen LogP contribution is 2.22. The standard InChI is InChI=1S/C8H16N2O/c1-5-10-6-9(4)8(2,3)7(10)11/h5-6H2,1-4H3. The Labute approximate surface area is 68.0 Å². The molecule has 3 nitrogen and oxygen atoms in total. The molecule has 0 aromatic rings. The molecular weight excluding hydrogens is 140 g/mol. The van der Waals surface area contributed by atoms with Gasteiger partial charge in [0.2, 0.25) is 5.91 Å². The molecule has 0 unspecified atom stereocenters. The minimum atomic E-state index is -0.296. The van der Waals surface area contributed by atoms with Crippen LogP contribution in [0.15, 0.2) is 0 Å². The van der Waals surface area contributed by atoms with Crippen molar-refractivity contribution in [1.29, 1.82) is 0 Å². The van der Waals surface area contributed by atoms with E-state index in [1.165, 1.54) is 0 Å². The van der Waals surface area contributed by atoms with Crippen LogP contribution >= 0.6 is 0 Å². The first kappa shape index (κ1) is 8.53. The number of carbonyl (C=O) groups is 1. The largest absolute Gasteiger partial charge is 0.328 e. The number of nitrogens with zero attached hydrogens (tertiary/aromatic N) is 2. The summed E-state index contributed by atoms with van der Waals surface area (Å²) in [5, 5.41) is 0. The molecule has 1 heterocycles. The Morgan fingerprint density at radius 2 is 2.09 bits per heavy atom. The molecule has 0 aromatic heterocycles. The van der Waals surface area contributed by atoms with Crippen molar-refractivity contribution in [2.45, 2.75) is 26.3 Å². The molecule has 0 aliphatic carbocycles. The number of hydrogen-bond acceptors (Lipinski definition) is 2. The fourth-order valence-electron chi connectivity index (χ4n) is 1.29. The molecule has 1 amide bonds. The van der Waals surface area contributed by atoms with Crippen molar-refractivity contribution in [2.75, 3.05) is 20.3 Å². The lowest BCUT2D eigenvalue weighted by Crippen LogP contribution is -2.41. The maximum atomic E-state index is 11.6. The van der Waals surface area contributed by atoms with Crippen LogP contribution in [0.25, 0.3) is 0 Å². The summed E-state index contributed by atoms with van der Waals surface area (Å²) in [5.41, 5.74) is -0.296. The molecule has 11 heavy (non-hydrogen) atoms. The zero-order valence-corrected chi connectivity index (χ0v) is 7.72. The van der Waals surface area contributed by atoms with Crippen molar-refractivity contribution in [3.8, 4) is 0 Å². The van der Waals surface area contributed by atoms with E-state index in [1.54, 1.807) is 0 Å². The summed E-state index contributed by atoms with van der Waals surface area (Å²) < 4.78 is 0. The van der Waals surface area contributed by atoms with Crippen LogP contribution in [0.1, 0.15) is 20.8 Å². The third kappa shape index (κ3) is 1.13. The molecule has 0 N–H and O–H groups in total. The third-order valence-electron chi connectivity index (χ3n) is 2.53. The van der Waals surface area contributed by atoms with E-state index in [0.29, 0.717) is 0 Å². The van der Waals surface area contributed by atoms with Crippen molar-refractivity contribution in [1.82, 2.24) is 9.80 Å². The Bertz CT molecular complexity index is 177. The van der Waals surface area contributed by atoms with E-state index >= 15 is 0 Å². The van der Waals surface area contributed by atoms with Gasteiger partial charge in [-0.3, -0.25) is 9.69 Å². The molecule has 64 valence electrons. The Morgan fingerprint density at radius 3 is 2.27 bits per heavy atom. The maximum absolute atomic E-state index is 11.6. The van der Waals surface area contributed by atoms with E-state index in [-0.39, 0.29) is 11.4 Å². The van der Waals surface area contributed by atoms with Gasteiger partial charge in [0, 0.05) is 6.54 Å². The van der Waals surface area contributed by atoms with E-state index in [2.05, 4.69) is 4.90 Å². The molecule has 1 aliphatic heterocycles. The van der Waals surface area contributed by atoms with Gasteiger partial charge in [-0.15, -0.1) is 0 Å². The van der Waals surface area contributed by atoms with Gasteiger partial charge in [-0.05, 0) is 27.8 Å². The lowest BCUT2D eigenvalue weighted by atomic mass is 10.1. The van der Waals surface area contributed by atoms with Gasteiger partial charge in [0.05, 0.1) is 12.2 Å². The molecule has 1 rings (SSSR count). The average Bonchev–Trinajstić information content (AvgIpc) is 2.14. The SMILES string of the molecule is CCN1CN(C)C(C)(C)C1=O. The summed E-state index contributed by atoms with van der Waals surface area (Å²) in [6.07, 6.45) is 0. The normalized spacial score (nSPS) is 24.7. The minimum Gasteiger partial charge on any atom is -0.328 e. The van der Waals surface area contributed by atoms with Crippen LogP contribution in [-0.2, 0) is 4.79 Å². The first-order valence-electron chi connectivity index (χ1n) is 4.00. The van der Waals surface area contributed by atoms with Crippen LogP contribution in [0, 0.1) is 0 Å². The van der Waals surface area contributed by atoms with E-state index in [9.17, 15) is 4.79 Å².